The first kappa shape index (κ1) is 19.9. The molecule has 2 amide bonds. The summed E-state index contributed by atoms with van der Waals surface area (Å²) in [6.45, 7) is 0.232. The Bertz CT molecular complexity index is 950. The topological polar surface area (TPSA) is 84.2 Å². The molecule has 0 saturated heterocycles. The Morgan fingerprint density at radius 1 is 1.21 bits per heavy atom. The molecule has 1 aromatic carbocycles. The third-order valence-electron chi connectivity index (χ3n) is 3.68. The maximum Gasteiger partial charge on any atom is 0.244 e. The lowest BCUT2D eigenvalue weighted by Crippen LogP contribution is -2.26. The number of benzene rings is 1. The van der Waals surface area contributed by atoms with Crippen molar-refractivity contribution in [1.82, 2.24) is 10.3 Å². The number of anilines is 1. The van der Waals surface area contributed by atoms with E-state index in [4.69, 9.17) is 16.0 Å². The first-order chi connectivity index (χ1) is 13.6. The quantitative estimate of drug-likeness (QED) is 0.541. The van der Waals surface area contributed by atoms with Crippen LogP contribution in [0, 0.1) is 0 Å². The number of aromatic nitrogens is 1. The molecular weight excluding hydrogens is 398 g/mol. The van der Waals surface area contributed by atoms with Crippen LogP contribution in [0.3, 0.4) is 0 Å². The zero-order chi connectivity index (χ0) is 19.8. The third-order valence-corrected chi connectivity index (χ3v) is 4.85. The molecule has 0 bridgehead atoms. The number of amides is 2. The highest BCUT2D eigenvalue weighted by molar-refractivity contribution is 7.15. The first-order valence-electron chi connectivity index (χ1n) is 8.57. The Balaban J connectivity index is 1.39. The normalized spacial score (nSPS) is 10.9. The number of halogens is 1. The molecule has 0 atom stereocenters. The van der Waals surface area contributed by atoms with Crippen LogP contribution in [0.1, 0.15) is 22.6 Å². The number of thiazole rings is 1. The van der Waals surface area contributed by atoms with Crippen molar-refractivity contribution in [3.05, 3.63) is 76.2 Å². The summed E-state index contributed by atoms with van der Waals surface area (Å²) in [6.07, 6.45) is 7.08. The molecule has 2 heterocycles. The molecule has 0 fully saturated rings. The largest absolute Gasteiger partial charge is 0.465 e. The van der Waals surface area contributed by atoms with Gasteiger partial charge in [-0.1, -0.05) is 23.7 Å². The SMILES string of the molecule is O=C(/C=C/c1ccco1)NCCC(=O)Nc1ncc(Cc2ccc(Cl)cc2)s1. The highest BCUT2D eigenvalue weighted by atomic mass is 35.5. The lowest BCUT2D eigenvalue weighted by molar-refractivity contribution is -0.117. The fourth-order valence-corrected chi connectivity index (χ4v) is 3.32. The Labute approximate surface area is 171 Å². The van der Waals surface area contributed by atoms with Crippen molar-refractivity contribution in [2.45, 2.75) is 12.8 Å². The molecule has 0 aliphatic carbocycles. The second kappa shape index (κ2) is 9.87. The minimum atomic E-state index is -0.288. The lowest BCUT2D eigenvalue weighted by atomic mass is 10.1. The maximum absolute atomic E-state index is 12.0. The predicted molar refractivity (Wildman–Crippen MR) is 110 cm³/mol. The van der Waals surface area contributed by atoms with E-state index in [1.807, 2.05) is 24.3 Å². The number of hydrogen-bond donors (Lipinski definition) is 2. The summed E-state index contributed by atoms with van der Waals surface area (Å²) in [5.41, 5.74) is 1.12. The summed E-state index contributed by atoms with van der Waals surface area (Å²) in [4.78, 5) is 28.9. The summed E-state index contributed by atoms with van der Waals surface area (Å²) in [6, 6.07) is 11.1. The van der Waals surface area contributed by atoms with Gasteiger partial charge in [0, 0.05) is 41.6 Å². The van der Waals surface area contributed by atoms with Crippen LogP contribution in [-0.4, -0.2) is 23.3 Å². The zero-order valence-electron chi connectivity index (χ0n) is 14.9. The summed E-state index contributed by atoms with van der Waals surface area (Å²) >= 11 is 7.31. The molecule has 0 saturated carbocycles. The van der Waals surface area contributed by atoms with Crippen molar-refractivity contribution in [3.8, 4) is 0 Å². The molecule has 144 valence electrons. The Hall–Kier alpha value is -2.90. The van der Waals surface area contributed by atoms with Crippen LogP contribution in [0.2, 0.25) is 5.02 Å². The van der Waals surface area contributed by atoms with Crippen LogP contribution in [0.15, 0.2) is 59.4 Å². The Morgan fingerprint density at radius 2 is 2.04 bits per heavy atom. The van der Waals surface area contributed by atoms with E-state index in [1.54, 1.807) is 24.4 Å². The lowest BCUT2D eigenvalue weighted by Gasteiger charge is -2.02. The molecule has 0 spiro atoms. The maximum atomic E-state index is 12.0. The van der Waals surface area contributed by atoms with Crippen LogP contribution in [0.25, 0.3) is 6.08 Å². The fourth-order valence-electron chi connectivity index (χ4n) is 2.33. The molecule has 0 radical (unpaired) electrons. The van der Waals surface area contributed by atoms with Crippen molar-refractivity contribution >= 4 is 46.0 Å². The summed E-state index contributed by atoms with van der Waals surface area (Å²) in [5.74, 6) is 0.0949. The van der Waals surface area contributed by atoms with Crippen molar-refractivity contribution in [3.63, 3.8) is 0 Å². The number of furan rings is 1. The Kier molecular flexibility index (Phi) is 7.00. The highest BCUT2D eigenvalue weighted by Gasteiger charge is 2.08. The number of carbonyl (C=O) groups excluding carboxylic acids is 2. The molecule has 8 heteroatoms. The second-order valence-electron chi connectivity index (χ2n) is 5.87. The molecule has 3 aromatic rings. The molecule has 0 unspecified atom stereocenters. The van der Waals surface area contributed by atoms with Gasteiger partial charge in [0.05, 0.1) is 6.26 Å². The van der Waals surface area contributed by atoms with E-state index in [1.165, 1.54) is 23.7 Å². The summed E-state index contributed by atoms with van der Waals surface area (Å²) in [5, 5.41) is 6.64. The summed E-state index contributed by atoms with van der Waals surface area (Å²) in [7, 11) is 0. The molecule has 0 aliphatic heterocycles. The minimum absolute atomic E-state index is 0.159. The molecule has 2 N–H and O–H groups in total. The van der Waals surface area contributed by atoms with E-state index in [0.717, 1.165) is 16.9 Å². The van der Waals surface area contributed by atoms with E-state index in [0.29, 0.717) is 15.9 Å². The first-order valence-corrected chi connectivity index (χ1v) is 9.76. The van der Waals surface area contributed by atoms with Crippen molar-refractivity contribution in [2.75, 3.05) is 11.9 Å². The van der Waals surface area contributed by atoms with E-state index in [9.17, 15) is 9.59 Å². The fraction of sp³-hybridized carbons (Fsp3) is 0.150. The molecule has 6 nitrogen and oxygen atoms in total. The monoisotopic (exact) mass is 415 g/mol. The number of hydrogen-bond acceptors (Lipinski definition) is 5. The van der Waals surface area contributed by atoms with E-state index in [-0.39, 0.29) is 24.8 Å². The number of rotatable bonds is 8. The highest BCUT2D eigenvalue weighted by Crippen LogP contribution is 2.22. The molecule has 2 aromatic heterocycles. The van der Waals surface area contributed by atoms with Gasteiger partial charge in [-0.2, -0.15) is 0 Å². The number of nitrogens with one attached hydrogen (secondary N) is 2. The molecular formula is C20H18ClN3O3S. The van der Waals surface area contributed by atoms with Gasteiger partial charge in [-0.25, -0.2) is 4.98 Å². The molecule has 3 rings (SSSR count). The van der Waals surface area contributed by atoms with Crippen LogP contribution in [0.5, 0.6) is 0 Å². The van der Waals surface area contributed by atoms with Gasteiger partial charge in [0.15, 0.2) is 5.13 Å². The van der Waals surface area contributed by atoms with E-state index >= 15 is 0 Å². The van der Waals surface area contributed by atoms with Gasteiger partial charge in [0.25, 0.3) is 0 Å². The van der Waals surface area contributed by atoms with Gasteiger partial charge >= 0.3 is 0 Å². The van der Waals surface area contributed by atoms with Gasteiger partial charge in [-0.05, 0) is 35.9 Å². The number of nitrogens with zero attached hydrogens (tertiary/aromatic N) is 1. The smallest absolute Gasteiger partial charge is 0.244 e. The second-order valence-corrected chi connectivity index (χ2v) is 7.42. The van der Waals surface area contributed by atoms with Crippen LogP contribution < -0.4 is 10.6 Å². The van der Waals surface area contributed by atoms with Crippen molar-refractivity contribution in [1.29, 1.82) is 0 Å². The van der Waals surface area contributed by atoms with Crippen molar-refractivity contribution < 1.29 is 14.0 Å². The summed E-state index contributed by atoms with van der Waals surface area (Å²) < 4.78 is 5.10. The van der Waals surface area contributed by atoms with Gasteiger partial charge in [0.2, 0.25) is 11.8 Å². The number of carbonyl (C=O) groups is 2. The van der Waals surface area contributed by atoms with Gasteiger partial charge in [0.1, 0.15) is 5.76 Å². The average molecular weight is 416 g/mol. The minimum Gasteiger partial charge on any atom is -0.465 e. The van der Waals surface area contributed by atoms with Crippen LogP contribution >= 0.6 is 22.9 Å². The van der Waals surface area contributed by atoms with E-state index in [2.05, 4.69) is 15.6 Å². The van der Waals surface area contributed by atoms with Gasteiger partial charge in [-0.3, -0.25) is 9.59 Å². The van der Waals surface area contributed by atoms with Gasteiger partial charge in [-0.15, -0.1) is 11.3 Å². The van der Waals surface area contributed by atoms with Gasteiger partial charge < -0.3 is 15.1 Å². The van der Waals surface area contributed by atoms with Crippen LogP contribution in [0.4, 0.5) is 5.13 Å². The standard InChI is InChI=1S/C20H18ClN3O3S/c21-15-5-3-14(4-6-15)12-17-13-23-20(28-17)24-19(26)9-10-22-18(25)8-7-16-2-1-11-27-16/h1-8,11,13H,9-10,12H2,(H,22,25)(H,23,24,26)/b8-7+. The van der Waals surface area contributed by atoms with E-state index < -0.39 is 0 Å². The predicted octanol–water partition coefficient (Wildman–Crippen LogP) is 4.14. The average Bonchev–Trinajstić information content (AvgIpc) is 3.34. The third kappa shape index (κ3) is 6.37. The molecule has 28 heavy (non-hydrogen) atoms. The van der Waals surface area contributed by atoms with Crippen LogP contribution in [-0.2, 0) is 16.0 Å². The van der Waals surface area contributed by atoms with Crippen molar-refractivity contribution in [2.24, 2.45) is 0 Å². The molecule has 0 aliphatic rings. The Morgan fingerprint density at radius 3 is 2.79 bits per heavy atom. The zero-order valence-corrected chi connectivity index (χ0v) is 16.4.